The van der Waals surface area contributed by atoms with E-state index in [1.807, 2.05) is 24.3 Å². The summed E-state index contributed by atoms with van der Waals surface area (Å²) in [4.78, 5) is 16.0. The van der Waals surface area contributed by atoms with Crippen LogP contribution in [0.5, 0.6) is 0 Å². The van der Waals surface area contributed by atoms with Gasteiger partial charge in [0, 0.05) is 16.7 Å². The van der Waals surface area contributed by atoms with Crippen molar-refractivity contribution in [1.82, 2.24) is 15.0 Å². The van der Waals surface area contributed by atoms with Gasteiger partial charge in [-0.15, -0.1) is 0 Å². The molecule has 3 heteroatoms. The number of benzene rings is 9. The standard InChI is InChI=1S/C58H39N3/c1-7-19-40(20-8-1)43-31-33-45(34-32-43)56-59-55(44-25-13-4-14-26-44)60-57(61-56)51-37-47(42-23-11-3-12-24-42)39-53-54(51)50-36-35-46(41-21-9-2-10-22-41)38-52(50)58(53,48-27-15-5-16-28-48)49-29-17-6-18-30-49/h1-39H. The normalized spacial score (nSPS) is 12.4. The van der Waals surface area contributed by atoms with Crippen molar-refractivity contribution >= 4 is 0 Å². The lowest BCUT2D eigenvalue weighted by atomic mass is 9.67. The van der Waals surface area contributed by atoms with Crippen molar-refractivity contribution in [2.45, 2.75) is 5.41 Å². The Balaban J connectivity index is 1.23. The van der Waals surface area contributed by atoms with Gasteiger partial charge in [-0.3, -0.25) is 0 Å². The second-order valence-electron chi connectivity index (χ2n) is 15.5. The molecule has 10 aromatic rings. The van der Waals surface area contributed by atoms with Crippen molar-refractivity contribution < 1.29 is 0 Å². The van der Waals surface area contributed by atoms with Gasteiger partial charge in [-0.1, -0.05) is 218 Å². The molecule has 1 aliphatic rings. The molecule has 286 valence electrons. The fourth-order valence-corrected chi connectivity index (χ4v) is 9.18. The molecule has 0 bridgehead atoms. The molecule has 0 spiro atoms. The average Bonchev–Trinajstić information content (AvgIpc) is 3.65. The van der Waals surface area contributed by atoms with Gasteiger partial charge in [-0.05, 0) is 85.0 Å². The van der Waals surface area contributed by atoms with E-state index in [1.54, 1.807) is 0 Å². The van der Waals surface area contributed by atoms with Crippen LogP contribution in [0.3, 0.4) is 0 Å². The van der Waals surface area contributed by atoms with Gasteiger partial charge in [-0.2, -0.15) is 0 Å². The summed E-state index contributed by atoms with van der Waals surface area (Å²) in [6.45, 7) is 0. The molecule has 1 aliphatic carbocycles. The Morgan fingerprint density at radius 2 is 0.607 bits per heavy atom. The maximum atomic E-state index is 5.42. The predicted octanol–water partition coefficient (Wildman–Crippen LogP) is 14.2. The van der Waals surface area contributed by atoms with E-state index in [1.165, 1.54) is 33.4 Å². The molecular weight excluding hydrogens is 739 g/mol. The highest BCUT2D eigenvalue weighted by atomic mass is 15.0. The summed E-state index contributed by atoms with van der Waals surface area (Å²) in [6.07, 6.45) is 0. The van der Waals surface area contributed by atoms with Gasteiger partial charge in [0.2, 0.25) is 0 Å². The average molecular weight is 778 g/mol. The number of fused-ring (bicyclic) bond motifs is 3. The quantitative estimate of drug-likeness (QED) is 0.154. The number of rotatable bonds is 8. The molecule has 61 heavy (non-hydrogen) atoms. The van der Waals surface area contributed by atoms with Gasteiger partial charge < -0.3 is 0 Å². The SMILES string of the molecule is c1ccc(-c2ccc(-c3nc(-c4ccccc4)nc(-c4cc(-c5ccccc5)cc5c4-c4ccc(-c6ccccc6)cc4C5(c4ccccc4)c4ccccc4)n3)cc2)cc1. The zero-order chi connectivity index (χ0) is 40.6. The lowest BCUT2D eigenvalue weighted by Crippen LogP contribution is -2.28. The maximum Gasteiger partial charge on any atom is 0.164 e. The summed E-state index contributed by atoms with van der Waals surface area (Å²) in [5, 5.41) is 0. The predicted molar refractivity (Wildman–Crippen MR) is 250 cm³/mol. The molecule has 11 rings (SSSR count). The van der Waals surface area contributed by atoms with E-state index in [2.05, 4.69) is 212 Å². The highest BCUT2D eigenvalue weighted by Crippen LogP contribution is 2.59. The van der Waals surface area contributed by atoms with Crippen LogP contribution in [0.4, 0.5) is 0 Å². The van der Waals surface area contributed by atoms with Crippen LogP contribution in [0, 0.1) is 0 Å². The topological polar surface area (TPSA) is 38.7 Å². The largest absolute Gasteiger partial charge is 0.208 e. The Labute approximate surface area is 356 Å². The fourth-order valence-electron chi connectivity index (χ4n) is 9.18. The first-order valence-electron chi connectivity index (χ1n) is 20.8. The van der Waals surface area contributed by atoms with E-state index in [9.17, 15) is 0 Å². The van der Waals surface area contributed by atoms with Crippen LogP contribution < -0.4 is 0 Å². The maximum absolute atomic E-state index is 5.42. The van der Waals surface area contributed by atoms with Gasteiger partial charge in [0.05, 0.1) is 5.41 Å². The van der Waals surface area contributed by atoms with Crippen molar-refractivity contribution in [1.29, 1.82) is 0 Å². The molecule has 3 nitrogen and oxygen atoms in total. The molecule has 0 radical (unpaired) electrons. The van der Waals surface area contributed by atoms with E-state index in [-0.39, 0.29) is 0 Å². The lowest BCUT2D eigenvalue weighted by molar-refractivity contribution is 0.769. The third kappa shape index (κ3) is 6.35. The van der Waals surface area contributed by atoms with Crippen LogP contribution in [-0.2, 0) is 5.41 Å². The molecule has 0 amide bonds. The summed E-state index contributed by atoms with van der Waals surface area (Å²) < 4.78 is 0. The van der Waals surface area contributed by atoms with Gasteiger partial charge >= 0.3 is 0 Å². The molecule has 1 aromatic heterocycles. The second kappa shape index (κ2) is 15.3. The van der Waals surface area contributed by atoms with Crippen LogP contribution in [0.1, 0.15) is 22.3 Å². The van der Waals surface area contributed by atoms with Crippen molar-refractivity contribution in [2.75, 3.05) is 0 Å². The molecule has 0 saturated heterocycles. The second-order valence-corrected chi connectivity index (χ2v) is 15.5. The Bertz CT molecular complexity index is 3090. The summed E-state index contributed by atoms with van der Waals surface area (Å²) in [5.41, 5.74) is 16.1. The van der Waals surface area contributed by atoms with Crippen molar-refractivity contribution in [3.05, 3.63) is 259 Å². The molecule has 0 saturated carbocycles. The molecule has 0 unspecified atom stereocenters. The van der Waals surface area contributed by atoms with Crippen LogP contribution in [-0.4, -0.2) is 15.0 Å². The zero-order valence-corrected chi connectivity index (χ0v) is 33.4. The van der Waals surface area contributed by atoms with Crippen molar-refractivity contribution in [2.24, 2.45) is 0 Å². The highest BCUT2D eigenvalue weighted by Gasteiger charge is 2.47. The number of aromatic nitrogens is 3. The lowest BCUT2D eigenvalue weighted by Gasteiger charge is -2.34. The van der Waals surface area contributed by atoms with Crippen LogP contribution in [0.2, 0.25) is 0 Å². The molecule has 9 aromatic carbocycles. The minimum Gasteiger partial charge on any atom is -0.208 e. The minimum atomic E-state index is -0.664. The Morgan fingerprint density at radius 3 is 1.13 bits per heavy atom. The number of hydrogen-bond donors (Lipinski definition) is 0. The van der Waals surface area contributed by atoms with Crippen LogP contribution in [0.25, 0.3) is 78.7 Å². The van der Waals surface area contributed by atoms with Crippen molar-refractivity contribution in [3.63, 3.8) is 0 Å². The van der Waals surface area contributed by atoms with Gasteiger partial charge in [0.1, 0.15) is 0 Å². The number of hydrogen-bond acceptors (Lipinski definition) is 3. The van der Waals surface area contributed by atoms with Crippen molar-refractivity contribution in [3.8, 4) is 78.7 Å². The monoisotopic (exact) mass is 777 g/mol. The highest BCUT2D eigenvalue weighted by molar-refractivity contribution is 5.98. The van der Waals surface area contributed by atoms with E-state index < -0.39 is 5.41 Å². The molecule has 1 heterocycles. The molecule has 0 atom stereocenters. The molecule has 0 fully saturated rings. The van der Waals surface area contributed by atoms with Crippen LogP contribution >= 0.6 is 0 Å². The van der Waals surface area contributed by atoms with Gasteiger partial charge in [0.25, 0.3) is 0 Å². The van der Waals surface area contributed by atoms with E-state index >= 15 is 0 Å². The first kappa shape index (κ1) is 36.1. The Kier molecular flexibility index (Phi) is 9.05. The first-order valence-corrected chi connectivity index (χ1v) is 20.8. The summed E-state index contributed by atoms with van der Waals surface area (Å²) in [5.74, 6) is 1.87. The first-order chi connectivity index (χ1) is 30.2. The van der Waals surface area contributed by atoms with Gasteiger partial charge in [0.15, 0.2) is 17.5 Å². The third-order valence-electron chi connectivity index (χ3n) is 12.0. The Morgan fingerprint density at radius 1 is 0.246 bits per heavy atom. The van der Waals surface area contributed by atoms with E-state index in [0.29, 0.717) is 17.5 Å². The van der Waals surface area contributed by atoms with Crippen LogP contribution in [0.15, 0.2) is 237 Å². The summed E-state index contributed by atoms with van der Waals surface area (Å²) in [6, 6.07) is 84.3. The molecule has 0 aliphatic heterocycles. The zero-order valence-electron chi connectivity index (χ0n) is 33.4. The molecule has 0 N–H and O–H groups in total. The number of nitrogens with zero attached hydrogens (tertiary/aromatic N) is 3. The third-order valence-corrected chi connectivity index (χ3v) is 12.0. The fraction of sp³-hybridized carbons (Fsp3) is 0.0172. The summed E-state index contributed by atoms with van der Waals surface area (Å²) >= 11 is 0. The Hall–Kier alpha value is -8.01. The molecular formula is C58H39N3. The van der Waals surface area contributed by atoms with E-state index in [0.717, 1.165) is 50.1 Å². The van der Waals surface area contributed by atoms with Gasteiger partial charge in [-0.25, -0.2) is 15.0 Å². The van der Waals surface area contributed by atoms with E-state index in [4.69, 9.17) is 15.0 Å². The minimum absolute atomic E-state index is 0.623. The summed E-state index contributed by atoms with van der Waals surface area (Å²) in [7, 11) is 0. The smallest absolute Gasteiger partial charge is 0.164 e.